The molecule has 2 heterocycles. The number of carbonyl (C=O) groups is 1. The minimum absolute atomic E-state index is 0.111. The summed E-state index contributed by atoms with van der Waals surface area (Å²) in [6.07, 6.45) is 3.66. The van der Waals surface area contributed by atoms with Gasteiger partial charge in [0.05, 0.1) is 10.7 Å². The predicted molar refractivity (Wildman–Crippen MR) is 145 cm³/mol. The summed E-state index contributed by atoms with van der Waals surface area (Å²) in [5.41, 5.74) is 5.07. The number of halogens is 2. The van der Waals surface area contributed by atoms with Crippen molar-refractivity contribution in [1.82, 2.24) is 0 Å². The maximum atomic E-state index is 13.6. The summed E-state index contributed by atoms with van der Waals surface area (Å²) in [6, 6.07) is 26.9. The summed E-state index contributed by atoms with van der Waals surface area (Å²) in [7, 11) is 0. The number of amides is 1. The average Bonchev–Trinajstić information content (AvgIpc) is 3.46. The quantitative estimate of drug-likeness (QED) is 0.257. The number of rotatable bonds is 5. The van der Waals surface area contributed by atoms with Crippen LogP contribution in [0.2, 0.25) is 10.0 Å². The van der Waals surface area contributed by atoms with E-state index in [0.717, 1.165) is 16.9 Å². The lowest BCUT2D eigenvalue weighted by molar-refractivity contribution is -0.113. The van der Waals surface area contributed by atoms with Gasteiger partial charge in [-0.25, -0.2) is 0 Å². The van der Waals surface area contributed by atoms with E-state index in [1.165, 1.54) is 5.56 Å². The Morgan fingerprint density at radius 2 is 1.63 bits per heavy atom. The molecule has 1 aromatic heterocycles. The molecule has 0 fully saturated rings. The Bertz CT molecular complexity index is 1450. The Balaban J connectivity index is 1.53. The van der Waals surface area contributed by atoms with Gasteiger partial charge in [-0.3, -0.25) is 9.69 Å². The topological polar surface area (TPSA) is 33.5 Å². The second-order valence-electron chi connectivity index (χ2n) is 8.71. The van der Waals surface area contributed by atoms with Gasteiger partial charge in [0.2, 0.25) is 0 Å². The Kier molecular flexibility index (Phi) is 6.38. The van der Waals surface area contributed by atoms with E-state index in [1.807, 2.05) is 60.7 Å². The first-order chi connectivity index (χ1) is 16.9. The van der Waals surface area contributed by atoms with Gasteiger partial charge in [-0.05, 0) is 71.7 Å². The van der Waals surface area contributed by atoms with Crippen molar-refractivity contribution >= 4 is 46.6 Å². The van der Waals surface area contributed by atoms with Crippen molar-refractivity contribution in [3.8, 4) is 11.3 Å². The Morgan fingerprint density at radius 1 is 0.886 bits per heavy atom. The van der Waals surface area contributed by atoms with Crippen molar-refractivity contribution in [3.63, 3.8) is 0 Å². The second kappa shape index (κ2) is 9.61. The van der Waals surface area contributed by atoms with Crippen molar-refractivity contribution in [2.75, 3.05) is 4.90 Å². The van der Waals surface area contributed by atoms with E-state index in [-0.39, 0.29) is 5.91 Å². The minimum Gasteiger partial charge on any atom is -0.457 e. The first kappa shape index (κ1) is 23.2. The number of hydrogen-bond acceptors (Lipinski definition) is 2. The molecule has 0 spiro atoms. The van der Waals surface area contributed by atoms with Gasteiger partial charge in [0.1, 0.15) is 11.5 Å². The highest BCUT2D eigenvalue weighted by Crippen LogP contribution is 2.37. The van der Waals surface area contributed by atoms with Crippen LogP contribution < -0.4 is 4.90 Å². The van der Waals surface area contributed by atoms with Gasteiger partial charge < -0.3 is 4.42 Å². The SMILES string of the molecule is CC(C)c1ccc(N2C(=O)/C(=C/c3ccc(-c4cc(Cl)ccc4Cl)o3)C=C2c2ccccc2)cc1. The van der Waals surface area contributed by atoms with E-state index in [0.29, 0.717) is 38.6 Å². The van der Waals surface area contributed by atoms with Crippen LogP contribution in [0.4, 0.5) is 5.69 Å². The zero-order valence-corrected chi connectivity index (χ0v) is 20.8. The lowest BCUT2D eigenvalue weighted by Crippen LogP contribution is -2.24. The maximum absolute atomic E-state index is 13.6. The molecular weight excluding hydrogens is 477 g/mol. The summed E-state index contributed by atoms with van der Waals surface area (Å²) in [5.74, 6) is 1.45. The molecule has 5 rings (SSSR count). The normalized spacial score (nSPS) is 14.8. The first-order valence-electron chi connectivity index (χ1n) is 11.4. The molecule has 1 aliphatic heterocycles. The van der Waals surface area contributed by atoms with Gasteiger partial charge in [-0.1, -0.05) is 79.5 Å². The summed E-state index contributed by atoms with van der Waals surface area (Å²) in [6.45, 7) is 4.31. The predicted octanol–water partition coefficient (Wildman–Crippen LogP) is 8.85. The van der Waals surface area contributed by atoms with E-state index in [9.17, 15) is 4.79 Å². The highest BCUT2D eigenvalue weighted by Gasteiger charge is 2.30. The maximum Gasteiger partial charge on any atom is 0.263 e. The van der Waals surface area contributed by atoms with Crippen LogP contribution in [0, 0.1) is 0 Å². The van der Waals surface area contributed by atoms with Crippen LogP contribution in [-0.4, -0.2) is 5.91 Å². The summed E-state index contributed by atoms with van der Waals surface area (Å²) in [4.78, 5) is 15.4. The van der Waals surface area contributed by atoms with Crippen LogP contribution in [0.3, 0.4) is 0 Å². The molecule has 0 unspecified atom stereocenters. The standard InChI is InChI=1S/C30H23Cl2NO2/c1-19(2)20-8-11-24(12-9-20)33-28(21-6-4-3-5-7-21)17-22(30(33)34)16-25-13-15-29(35-25)26-18-23(31)10-14-27(26)32/h3-19H,1-2H3/b22-16+. The Labute approximate surface area is 214 Å². The molecule has 0 aliphatic carbocycles. The van der Waals surface area contributed by atoms with Gasteiger partial charge >= 0.3 is 0 Å². The molecule has 0 atom stereocenters. The molecule has 5 heteroatoms. The average molecular weight is 500 g/mol. The molecule has 3 nitrogen and oxygen atoms in total. The van der Waals surface area contributed by atoms with Crippen molar-refractivity contribution in [2.24, 2.45) is 0 Å². The summed E-state index contributed by atoms with van der Waals surface area (Å²) >= 11 is 12.5. The van der Waals surface area contributed by atoms with Crippen LogP contribution in [0.15, 0.2) is 101 Å². The lowest BCUT2D eigenvalue weighted by Gasteiger charge is -2.21. The van der Waals surface area contributed by atoms with Gasteiger partial charge in [0.15, 0.2) is 0 Å². The second-order valence-corrected chi connectivity index (χ2v) is 9.55. The molecule has 174 valence electrons. The van der Waals surface area contributed by atoms with E-state index < -0.39 is 0 Å². The summed E-state index contributed by atoms with van der Waals surface area (Å²) in [5, 5.41) is 1.11. The molecule has 0 bridgehead atoms. The molecule has 0 radical (unpaired) electrons. The monoisotopic (exact) mass is 499 g/mol. The largest absolute Gasteiger partial charge is 0.457 e. The lowest BCUT2D eigenvalue weighted by atomic mass is 10.0. The van der Waals surface area contributed by atoms with Crippen LogP contribution in [0.5, 0.6) is 0 Å². The van der Waals surface area contributed by atoms with E-state index in [1.54, 1.807) is 29.2 Å². The van der Waals surface area contributed by atoms with Crippen LogP contribution in [0.1, 0.15) is 36.7 Å². The third-order valence-corrected chi connectivity index (χ3v) is 6.55. The molecular formula is C30H23Cl2NO2. The smallest absolute Gasteiger partial charge is 0.263 e. The highest BCUT2D eigenvalue weighted by atomic mass is 35.5. The van der Waals surface area contributed by atoms with Crippen LogP contribution in [0.25, 0.3) is 23.1 Å². The van der Waals surface area contributed by atoms with Crippen molar-refractivity contribution in [3.05, 3.63) is 124 Å². The zero-order valence-electron chi connectivity index (χ0n) is 19.3. The molecule has 1 aliphatic rings. The molecule has 0 saturated carbocycles. The third-order valence-electron chi connectivity index (χ3n) is 5.99. The van der Waals surface area contributed by atoms with E-state index in [2.05, 4.69) is 26.0 Å². The van der Waals surface area contributed by atoms with Crippen molar-refractivity contribution < 1.29 is 9.21 Å². The zero-order chi connectivity index (χ0) is 24.5. The number of nitrogens with zero attached hydrogens (tertiary/aromatic N) is 1. The van der Waals surface area contributed by atoms with Gasteiger partial charge in [0.25, 0.3) is 5.91 Å². The number of carbonyl (C=O) groups excluding carboxylic acids is 1. The highest BCUT2D eigenvalue weighted by molar-refractivity contribution is 6.35. The molecule has 0 saturated heterocycles. The number of furan rings is 1. The molecule has 3 aromatic carbocycles. The van der Waals surface area contributed by atoms with E-state index in [4.69, 9.17) is 27.6 Å². The fraction of sp³-hybridized carbons (Fsp3) is 0.100. The Hall–Kier alpha value is -3.53. The number of hydrogen-bond donors (Lipinski definition) is 0. The number of benzene rings is 3. The van der Waals surface area contributed by atoms with Crippen LogP contribution in [-0.2, 0) is 4.79 Å². The minimum atomic E-state index is -0.111. The van der Waals surface area contributed by atoms with Crippen LogP contribution >= 0.6 is 23.2 Å². The fourth-order valence-corrected chi connectivity index (χ4v) is 4.50. The Morgan fingerprint density at radius 3 is 2.34 bits per heavy atom. The first-order valence-corrected chi connectivity index (χ1v) is 12.1. The third kappa shape index (κ3) is 4.70. The van der Waals surface area contributed by atoms with Gasteiger partial charge in [-0.15, -0.1) is 0 Å². The van der Waals surface area contributed by atoms with E-state index >= 15 is 0 Å². The molecule has 1 amide bonds. The van der Waals surface area contributed by atoms with Crippen molar-refractivity contribution in [2.45, 2.75) is 19.8 Å². The molecule has 4 aromatic rings. The van der Waals surface area contributed by atoms with Crippen molar-refractivity contribution in [1.29, 1.82) is 0 Å². The van der Waals surface area contributed by atoms with Gasteiger partial charge in [-0.2, -0.15) is 0 Å². The molecule has 0 N–H and O–H groups in total. The number of anilines is 1. The summed E-state index contributed by atoms with van der Waals surface area (Å²) < 4.78 is 6.02. The molecule has 35 heavy (non-hydrogen) atoms. The van der Waals surface area contributed by atoms with Gasteiger partial charge in [0, 0.05) is 21.8 Å². The fourth-order valence-electron chi connectivity index (χ4n) is 4.12.